The van der Waals surface area contributed by atoms with Gasteiger partial charge in [0.25, 0.3) is 0 Å². The van der Waals surface area contributed by atoms with Crippen molar-refractivity contribution in [2.45, 2.75) is 72.1 Å². The first-order valence-corrected chi connectivity index (χ1v) is 8.69. The number of piperidine rings is 1. The Bertz CT molecular complexity index is 544. The highest BCUT2D eigenvalue weighted by molar-refractivity contribution is 5.68. The maximum absolute atomic E-state index is 11.9. The van der Waals surface area contributed by atoms with E-state index in [1.807, 2.05) is 20.8 Å². The van der Waals surface area contributed by atoms with Gasteiger partial charge in [-0.3, -0.25) is 4.90 Å². The molecule has 7 heteroatoms. The van der Waals surface area contributed by atoms with E-state index in [0.717, 1.165) is 25.9 Å². The Morgan fingerprint density at radius 3 is 2.42 bits per heavy atom. The van der Waals surface area contributed by atoms with E-state index in [1.165, 1.54) is 0 Å². The zero-order valence-electron chi connectivity index (χ0n) is 15.6. The molecule has 0 spiro atoms. The lowest BCUT2D eigenvalue weighted by molar-refractivity contribution is 0.0462. The van der Waals surface area contributed by atoms with E-state index < -0.39 is 5.60 Å². The molecule has 1 N–H and O–H groups in total. The predicted octanol–water partition coefficient (Wildman–Crippen LogP) is 3.06. The van der Waals surface area contributed by atoms with Crippen molar-refractivity contribution < 1.29 is 13.9 Å². The number of amides is 1. The van der Waals surface area contributed by atoms with Crippen molar-refractivity contribution in [2.24, 2.45) is 5.92 Å². The molecular formula is C17H30N4O3. The topological polar surface area (TPSA) is 80.5 Å². The number of nitrogens with zero attached hydrogens (tertiary/aromatic N) is 3. The second-order valence-electron chi connectivity index (χ2n) is 7.64. The molecule has 2 atom stereocenters. The van der Waals surface area contributed by atoms with Crippen LogP contribution in [0, 0.1) is 12.8 Å². The van der Waals surface area contributed by atoms with Crippen molar-refractivity contribution in [2.75, 3.05) is 13.1 Å². The highest BCUT2D eigenvalue weighted by atomic mass is 16.6. The summed E-state index contributed by atoms with van der Waals surface area (Å²) >= 11 is 0. The van der Waals surface area contributed by atoms with Crippen LogP contribution >= 0.6 is 0 Å². The average Bonchev–Trinajstić information content (AvgIpc) is 2.91. The number of hydrogen-bond donors (Lipinski definition) is 1. The van der Waals surface area contributed by atoms with Crippen molar-refractivity contribution in [3.8, 4) is 0 Å². The minimum Gasteiger partial charge on any atom is -0.444 e. The van der Waals surface area contributed by atoms with E-state index in [0.29, 0.717) is 17.7 Å². The lowest BCUT2D eigenvalue weighted by Gasteiger charge is -2.37. The Labute approximate surface area is 144 Å². The largest absolute Gasteiger partial charge is 0.444 e. The van der Waals surface area contributed by atoms with Crippen molar-refractivity contribution >= 4 is 6.09 Å². The molecule has 7 nitrogen and oxygen atoms in total. The van der Waals surface area contributed by atoms with Gasteiger partial charge in [-0.1, -0.05) is 0 Å². The fourth-order valence-corrected chi connectivity index (χ4v) is 3.05. The Balaban J connectivity index is 1.80. The summed E-state index contributed by atoms with van der Waals surface area (Å²) in [6.07, 6.45) is 1.70. The van der Waals surface area contributed by atoms with E-state index in [2.05, 4.69) is 34.3 Å². The van der Waals surface area contributed by atoms with Crippen LogP contribution in [0.4, 0.5) is 4.79 Å². The molecule has 1 aliphatic heterocycles. The number of aromatic nitrogens is 2. The summed E-state index contributed by atoms with van der Waals surface area (Å²) in [5.41, 5.74) is -0.467. The third kappa shape index (κ3) is 5.19. The fourth-order valence-electron chi connectivity index (χ4n) is 3.05. The summed E-state index contributed by atoms with van der Waals surface area (Å²) in [6, 6.07) is 0.226. The van der Waals surface area contributed by atoms with Gasteiger partial charge in [0.2, 0.25) is 11.8 Å². The molecule has 1 saturated heterocycles. The molecule has 0 radical (unpaired) electrons. The normalized spacial score (nSPS) is 19.8. The van der Waals surface area contributed by atoms with Crippen molar-refractivity contribution in [1.29, 1.82) is 0 Å². The van der Waals surface area contributed by atoms with Crippen LogP contribution in [0.25, 0.3) is 0 Å². The predicted molar refractivity (Wildman–Crippen MR) is 90.6 cm³/mol. The van der Waals surface area contributed by atoms with Crippen LogP contribution in [0.1, 0.15) is 65.3 Å². The Morgan fingerprint density at radius 2 is 1.92 bits per heavy atom. The lowest BCUT2D eigenvalue weighted by Crippen LogP contribution is -2.45. The van der Waals surface area contributed by atoms with Gasteiger partial charge >= 0.3 is 6.09 Å². The van der Waals surface area contributed by atoms with Gasteiger partial charge in [0.1, 0.15) is 5.60 Å². The van der Waals surface area contributed by atoms with Gasteiger partial charge in [0.05, 0.1) is 6.04 Å². The van der Waals surface area contributed by atoms with Gasteiger partial charge in [-0.2, -0.15) is 0 Å². The summed E-state index contributed by atoms with van der Waals surface area (Å²) in [4.78, 5) is 14.3. The summed E-state index contributed by atoms with van der Waals surface area (Å²) in [7, 11) is 0. The molecule has 0 aliphatic carbocycles. The van der Waals surface area contributed by atoms with Crippen LogP contribution < -0.4 is 5.32 Å². The third-order valence-corrected chi connectivity index (χ3v) is 4.47. The van der Waals surface area contributed by atoms with E-state index in [4.69, 9.17) is 9.15 Å². The highest BCUT2D eigenvalue weighted by Gasteiger charge is 2.30. The quantitative estimate of drug-likeness (QED) is 0.909. The number of ether oxygens (including phenoxy) is 1. The van der Waals surface area contributed by atoms with Gasteiger partial charge in [0.15, 0.2) is 0 Å². The lowest BCUT2D eigenvalue weighted by atomic mass is 9.90. The molecular weight excluding hydrogens is 308 g/mol. The molecule has 0 unspecified atom stereocenters. The van der Waals surface area contributed by atoms with Crippen LogP contribution in [0.5, 0.6) is 0 Å². The van der Waals surface area contributed by atoms with Crippen LogP contribution in [-0.4, -0.2) is 45.9 Å². The van der Waals surface area contributed by atoms with Gasteiger partial charge < -0.3 is 14.5 Å². The minimum atomic E-state index is -0.467. The van der Waals surface area contributed by atoms with Crippen molar-refractivity contribution in [3.63, 3.8) is 0 Å². The second-order valence-corrected chi connectivity index (χ2v) is 7.64. The molecule has 1 fully saturated rings. The number of nitrogens with one attached hydrogen (secondary N) is 1. The van der Waals surface area contributed by atoms with Crippen LogP contribution in [-0.2, 0) is 4.74 Å². The average molecular weight is 338 g/mol. The molecule has 1 aromatic heterocycles. The summed E-state index contributed by atoms with van der Waals surface area (Å²) in [5.74, 6) is 1.72. The molecule has 1 aliphatic rings. The molecule has 24 heavy (non-hydrogen) atoms. The van der Waals surface area contributed by atoms with E-state index in [-0.39, 0.29) is 18.2 Å². The van der Waals surface area contributed by atoms with Crippen molar-refractivity contribution in [3.05, 3.63) is 11.8 Å². The SMILES string of the molecule is Cc1nnc([C@@H](C)N2CCC([C@H](C)NC(=O)OC(C)(C)C)CC2)o1. The van der Waals surface area contributed by atoms with E-state index in [9.17, 15) is 4.79 Å². The number of hydrogen-bond acceptors (Lipinski definition) is 6. The third-order valence-electron chi connectivity index (χ3n) is 4.47. The number of likely N-dealkylation sites (tertiary alicyclic amines) is 1. The monoisotopic (exact) mass is 338 g/mol. The summed E-state index contributed by atoms with van der Waals surface area (Å²) in [5, 5.41) is 11.0. The first-order valence-electron chi connectivity index (χ1n) is 8.69. The summed E-state index contributed by atoms with van der Waals surface area (Å²) in [6.45, 7) is 13.5. The van der Waals surface area contributed by atoms with Crippen LogP contribution in [0.15, 0.2) is 4.42 Å². The van der Waals surface area contributed by atoms with Gasteiger partial charge in [-0.15, -0.1) is 10.2 Å². The maximum atomic E-state index is 11.9. The van der Waals surface area contributed by atoms with Crippen LogP contribution in [0.3, 0.4) is 0 Å². The first-order chi connectivity index (χ1) is 11.2. The van der Waals surface area contributed by atoms with Crippen molar-refractivity contribution in [1.82, 2.24) is 20.4 Å². The number of carbonyl (C=O) groups is 1. The number of aryl methyl sites for hydroxylation is 1. The number of alkyl carbamates (subject to hydrolysis) is 1. The Morgan fingerprint density at radius 1 is 1.29 bits per heavy atom. The molecule has 0 saturated carbocycles. The van der Waals surface area contributed by atoms with E-state index in [1.54, 1.807) is 6.92 Å². The first kappa shape index (κ1) is 18.7. The molecule has 136 valence electrons. The Hall–Kier alpha value is -1.63. The highest BCUT2D eigenvalue weighted by Crippen LogP contribution is 2.27. The van der Waals surface area contributed by atoms with Gasteiger partial charge in [0, 0.05) is 13.0 Å². The second kappa shape index (κ2) is 7.51. The van der Waals surface area contributed by atoms with Gasteiger partial charge in [-0.25, -0.2) is 4.79 Å². The number of carbonyl (C=O) groups excluding carboxylic acids is 1. The molecule has 1 aromatic rings. The fraction of sp³-hybridized carbons (Fsp3) is 0.824. The van der Waals surface area contributed by atoms with Gasteiger partial charge in [-0.05, 0) is 66.5 Å². The molecule has 0 aromatic carbocycles. The van der Waals surface area contributed by atoms with E-state index >= 15 is 0 Å². The zero-order valence-corrected chi connectivity index (χ0v) is 15.6. The molecule has 1 amide bonds. The maximum Gasteiger partial charge on any atom is 0.407 e. The number of rotatable bonds is 4. The molecule has 2 rings (SSSR count). The molecule has 0 bridgehead atoms. The minimum absolute atomic E-state index is 0.1000. The zero-order chi connectivity index (χ0) is 17.9. The summed E-state index contributed by atoms with van der Waals surface area (Å²) < 4.78 is 10.9. The molecule has 2 heterocycles. The smallest absolute Gasteiger partial charge is 0.407 e. The standard InChI is InChI=1S/C17H30N4O3/c1-11(18-16(22)24-17(4,5)6)14-7-9-21(10-8-14)12(2)15-20-19-13(3)23-15/h11-12,14H,7-10H2,1-6H3,(H,18,22)/t11-,12+/m0/s1. The Kier molecular flexibility index (Phi) is 5.85. The van der Waals surface area contributed by atoms with Crippen LogP contribution in [0.2, 0.25) is 0 Å².